The van der Waals surface area contributed by atoms with Crippen molar-refractivity contribution in [2.24, 2.45) is 65.1 Å². The van der Waals surface area contributed by atoms with Gasteiger partial charge in [0.1, 0.15) is 11.2 Å². The van der Waals surface area contributed by atoms with Gasteiger partial charge in [-0.2, -0.15) is 0 Å². The lowest BCUT2D eigenvalue weighted by atomic mass is 9.71. The molecule has 0 aromatic carbocycles. The largest absolute Gasteiger partial charge is 0.459 e. The number of rotatable bonds is 7. The molecule has 6 aliphatic carbocycles. The van der Waals surface area contributed by atoms with Gasteiger partial charge < -0.3 is 18.9 Å². The molecule has 0 spiro atoms. The predicted octanol–water partition coefficient (Wildman–Crippen LogP) is 8.60. The van der Waals surface area contributed by atoms with Crippen molar-refractivity contribution < 1.29 is 47.7 Å². The summed E-state index contributed by atoms with van der Waals surface area (Å²) >= 11 is 0. The predicted molar refractivity (Wildman–Crippen MR) is 203 cm³/mol. The summed E-state index contributed by atoms with van der Waals surface area (Å²) in [5.74, 6) is 1.17. The number of hydrogen-bond donors (Lipinski definition) is 0. The van der Waals surface area contributed by atoms with Crippen molar-refractivity contribution in [2.75, 3.05) is 0 Å². The zero-order valence-corrected chi connectivity index (χ0v) is 29.4. The van der Waals surface area contributed by atoms with Crippen molar-refractivity contribution >= 4 is 35.8 Å². The first-order chi connectivity index (χ1) is 23.4. The van der Waals surface area contributed by atoms with Gasteiger partial charge in [0.2, 0.25) is 0 Å². The van der Waals surface area contributed by atoms with Crippen molar-refractivity contribution in [3.05, 3.63) is 24.8 Å². The Morgan fingerprint density at radius 2 is 1.23 bits per heavy atom. The SMILES string of the molecule is C.C.C.C.C=CC(=O)OC1(CC)CC2CC1C1CCCC21.CCC1(OC(=O)C(C)C2C(=O)OC(=O)C2C)CC2CC1C1CCCC21.O=C1C=CC(=O)O1. The van der Waals surface area contributed by atoms with Crippen molar-refractivity contribution in [1.29, 1.82) is 0 Å². The van der Waals surface area contributed by atoms with E-state index in [1.54, 1.807) is 13.8 Å². The maximum atomic E-state index is 12.9. The van der Waals surface area contributed by atoms with Crippen LogP contribution in [0.4, 0.5) is 0 Å². The minimum absolute atomic E-state index is 0. The minimum atomic E-state index is -0.716. The monoisotopic (exact) mass is 744 g/mol. The van der Waals surface area contributed by atoms with Crippen LogP contribution in [0.1, 0.15) is 134 Å². The van der Waals surface area contributed by atoms with Crippen molar-refractivity contribution in [3.63, 3.8) is 0 Å². The van der Waals surface area contributed by atoms with E-state index in [1.165, 1.54) is 57.4 Å². The fourth-order valence-corrected chi connectivity index (χ4v) is 11.9. The molecule has 2 aliphatic heterocycles. The molecule has 53 heavy (non-hydrogen) atoms. The van der Waals surface area contributed by atoms with Gasteiger partial charge in [0, 0.05) is 30.1 Å². The Balaban J connectivity index is 0.000000302. The van der Waals surface area contributed by atoms with Gasteiger partial charge >= 0.3 is 35.8 Å². The normalized spacial score (nSPS) is 39.2. The number of fused-ring (bicyclic) bond motifs is 10. The molecular weight excluding hydrogens is 676 g/mol. The number of hydrogen-bond acceptors (Lipinski definition) is 10. The molecule has 2 heterocycles. The van der Waals surface area contributed by atoms with Crippen LogP contribution in [-0.4, -0.2) is 47.0 Å². The van der Waals surface area contributed by atoms with Crippen LogP contribution in [0.3, 0.4) is 0 Å². The summed E-state index contributed by atoms with van der Waals surface area (Å²) in [6.07, 6.45) is 17.9. The number of carbonyl (C=O) groups is 6. The van der Waals surface area contributed by atoms with Gasteiger partial charge in [-0.1, -0.05) is 76.8 Å². The Morgan fingerprint density at radius 1 is 0.774 bits per heavy atom. The second-order valence-electron chi connectivity index (χ2n) is 15.9. The van der Waals surface area contributed by atoms with Crippen LogP contribution >= 0.6 is 0 Å². The molecule has 0 amide bonds. The molecule has 10 nitrogen and oxygen atoms in total. The lowest BCUT2D eigenvalue weighted by Crippen LogP contribution is -2.46. The molecular formula is C43H68O10. The first kappa shape index (κ1) is 45.9. The molecule has 8 rings (SSSR count). The molecule has 8 aliphatic rings. The molecule has 0 aromatic rings. The average Bonchev–Trinajstić information content (AvgIpc) is 3.92. The quantitative estimate of drug-likeness (QED) is 0.108. The molecule has 10 heteroatoms. The van der Waals surface area contributed by atoms with E-state index < -0.39 is 41.6 Å². The second-order valence-corrected chi connectivity index (χ2v) is 15.9. The van der Waals surface area contributed by atoms with Crippen molar-refractivity contribution in [3.8, 4) is 0 Å². The number of carbonyl (C=O) groups excluding carboxylic acids is 6. The van der Waals surface area contributed by atoms with Crippen molar-refractivity contribution in [1.82, 2.24) is 0 Å². The topological polar surface area (TPSA) is 139 Å². The van der Waals surface area contributed by atoms with Gasteiger partial charge in [0.15, 0.2) is 0 Å². The van der Waals surface area contributed by atoms with Crippen LogP contribution in [0.2, 0.25) is 0 Å². The smallest absolute Gasteiger partial charge is 0.338 e. The number of ether oxygens (including phenoxy) is 4. The van der Waals surface area contributed by atoms with Gasteiger partial charge in [-0.15, -0.1) is 0 Å². The Bertz CT molecular complexity index is 1400. The Labute approximate surface area is 318 Å². The maximum absolute atomic E-state index is 12.9. The van der Waals surface area contributed by atoms with E-state index in [1.807, 2.05) is 0 Å². The molecule has 300 valence electrons. The van der Waals surface area contributed by atoms with E-state index in [9.17, 15) is 28.8 Å². The van der Waals surface area contributed by atoms with Crippen molar-refractivity contribution in [2.45, 2.75) is 146 Å². The van der Waals surface area contributed by atoms with Crippen LogP contribution in [0.25, 0.3) is 0 Å². The highest BCUT2D eigenvalue weighted by molar-refractivity contribution is 6.05. The molecule has 0 N–H and O–H groups in total. The van der Waals surface area contributed by atoms with Gasteiger partial charge in [-0.05, 0) is 99.7 Å². The van der Waals surface area contributed by atoms with Crippen LogP contribution in [0.15, 0.2) is 24.8 Å². The van der Waals surface area contributed by atoms with Gasteiger partial charge in [-0.25, -0.2) is 14.4 Å². The highest BCUT2D eigenvalue weighted by atomic mass is 16.6. The molecule has 0 radical (unpaired) electrons. The standard InChI is InChI=1S/C20H28O5.C15H22O2.C4H2O3.4CH4/c1-4-20(9-12-8-15(20)14-7-5-6-13(12)14)25-18(22)11(3)16-10(2)17(21)24-19(16)23;1-3-14(16)17-15(4-2)9-10-8-13(15)12-7-5-6-11(10)12;5-3-1-2-4(6)7-3;;;;/h10-16H,4-9H2,1-3H3;3,10-13H,1,4-9H2,2H3;1-2H;4*1H4. The zero-order chi connectivity index (χ0) is 35.2. The van der Waals surface area contributed by atoms with E-state index in [0.29, 0.717) is 23.7 Å². The lowest BCUT2D eigenvalue weighted by molar-refractivity contribution is -0.178. The van der Waals surface area contributed by atoms with Gasteiger partial charge in [0.05, 0.1) is 17.8 Å². The molecule has 1 saturated heterocycles. The van der Waals surface area contributed by atoms with E-state index in [2.05, 4.69) is 25.2 Å². The fourth-order valence-electron chi connectivity index (χ4n) is 11.9. The third-order valence-electron chi connectivity index (χ3n) is 14.0. The highest BCUT2D eigenvalue weighted by Gasteiger charge is 2.63. The molecule has 6 saturated carbocycles. The number of esters is 6. The summed E-state index contributed by atoms with van der Waals surface area (Å²) in [5, 5.41) is 0. The number of cyclic esters (lactones) is 4. The first-order valence-electron chi connectivity index (χ1n) is 18.6. The Morgan fingerprint density at radius 3 is 1.60 bits per heavy atom. The third kappa shape index (κ3) is 8.22. The molecule has 7 fully saturated rings. The minimum Gasteiger partial charge on any atom is -0.459 e. The fraction of sp³-hybridized carbons (Fsp3) is 0.767. The summed E-state index contributed by atoms with van der Waals surface area (Å²) in [6.45, 7) is 11.1. The van der Waals surface area contributed by atoms with Gasteiger partial charge in [0.25, 0.3) is 0 Å². The van der Waals surface area contributed by atoms with Crippen LogP contribution in [0, 0.1) is 65.1 Å². The lowest BCUT2D eigenvalue weighted by Gasteiger charge is -2.42. The summed E-state index contributed by atoms with van der Waals surface area (Å²) in [7, 11) is 0. The van der Waals surface area contributed by atoms with Crippen LogP contribution < -0.4 is 0 Å². The highest BCUT2D eigenvalue weighted by Crippen LogP contribution is 2.65. The van der Waals surface area contributed by atoms with E-state index in [0.717, 1.165) is 61.5 Å². The first-order valence-corrected chi connectivity index (χ1v) is 18.6. The van der Waals surface area contributed by atoms with Gasteiger partial charge in [-0.3, -0.25) is 14.4 Å². The van der Waals surface area contributed by atoms with E-state index in [4.69, 9.17) is 14.2 Å². The molecule has 13 unspecified atom stereocenters. The second kappa shape index (κ2) is 17.9. The summed E-state index contributed by atoms with van der Waals surface area (Å²) in [5.41, 5.74) is -0.515. The third-order valence-corrected chi connectivity index (χ3v) is 14.0. The maximum Gasteiger partial charge on any atom is 0.338 e. The summed E-state index contributed by atoms with van der Waals surface area (Å²) < 4.78 is 20.6. The Kier molecular flexibility index (Phi) is 15.5. The van der Waals surface area contributed by atoms with Crippen LogP contribution in [-0.2, 0) is 47.7 Å². The zero-order valence-electron chi connectivity index (χ0n) is 29.4. The van der Waals surface area contributed by atoms with E-state index in [-0.39, 0.29) is 52.8 Å². The van der Waals surface area contributed by atoms with Crippen LogP contribution in [0.5, 0.6) is 0 Å². The molecule has 4 bridgehead atoms. The van der Waals surface area contributed by atoms with E-state index >= 15 is 0 Å². The molecule has 0 aromatic heterocycles. The summed E-state index contributed by atoms with van der Waals surface area (Å²) in [6, 6.07) is 0. The average molecular weight is 745 g/mol. The Hall–Kier alpha value is -3.30. The molecule has 13 atom stereocenters. The summed E-state index contributed by atoms with van der Waals surface area (Å²) in [4.78, 5) is 67.9.